The molecule has 0 unspecified atom stereocenters. The summed E-state index contributed by atoms with van der Waals surface area (Å²) < 4.78 is 19.0. The topological polar surface area (TPSA) is 146 Å². The number of carbonyl (C=O) groups excluding carboxylic acids is 4. The Kier molecular flexibility index (Phi) is 11.5. The number of hydrogen-bond acceptors (Lipinski definition) is 7. The molecule has 1 aromatic carbocycles. The van der Waals surface area contributed by atoms with Gasteiger partial charge >= 0.3 is 0 Å². The molecular weight excluding hydrogens is 629 g/mol. The molecule has 0 bridgehead atoms. The van der Waals surface area contributed by atoms with Gasteiger partial charge in [0, 0.05) is 51.9 Å². The molecular formula is C35H48FN9O4. The summed E-state index contributed by atoms with van der Waals surface area (Å²) in [6.07, 6.45) is 7.52. The van der Waals surface area contributed by atoms with Gasteiger partial charge in [0.05, 0.1) is 11.9 Å². The Hall–Kier alpha value is -4.59. The molecule has 3 heterocycles. The van der Waals surface area contributed by atoms with Crippen LogP contribution < -0.4 is 16.0 Å². The van der Waals surface area contributed by atoms with Gasteiger partial charge < -0.3 is 30.3 Å². The zero-order chi connectivity index (χ0) is 35.2. The SMILES string of the molecule is CCn1nccc1C(=O)N[C@H](C(=O)Nc1ccc([C@H](C)[C@@H](NC(=O)c2cnc(C)n2C)C(=O)N2CCN(C)CC2)cc1F)C1CCCCC1. The molecule has 3 N–H and O–H groups in total. The Morgan fingerprint density at radius 1 is 0.959 bits per heavy atom. The van der Waals surface area contributed by atoms with Gasteiger partial charge in [0.1, 0.15) is 35.1 Å². The quantitative estimate of drug-likeness (QED) is 0.283. The molecule has 13 nitrogen and oxygen atoms in total. The van der Waals surface area contributed by atoms with Crippen molar-refractivity contribution in [1.29, 1.82) is 0 Å². The number of hydrogen-bond donors (Lipinski definition) is 3. The number of rotatable bonds is 11. The molecule has 3 aromatic rings. The third-order valence-electron chi connectivity index (χ3n) is 10.0. The Bertz CT molecular complexity index is 1660. The van der Waals surface area contributed by atoms with E-state index in [1.54, 1.807) is 53.4 Å². The number of carbonyl (C=O) groups is 4. The second-order valence-corrected chi connectivity index (χ2v) is 13.2. The van der Waals surface area contributed by atoms with Crippen molar-refractivity contribution in [3.05, 3.63) is 65.3 Å². The Balaban J connectivity index is 1.35. The van der Waals surface area contributed by atoms with Crippen LogP contribution in [0.15, 0.2) is 36.7 Å². The molecule has 0 radical (unpaired) electrons. The molecule has 3 atom stereocenters. The number of halogens is 1. The predicted molar refractivity (Wildman–Crippen MR) is 182 cm³/mol. The van der Waals surface area contributed by atoms with Crippen molar-refractivity contribution >= 4 is 29.3 Å². The first-order valence-corrected chi connectivity index (χ1v) is 17.2. The maximum atomic E-state index is 15.8. The van der Waals surface area contributed by atoms with E-state index in [9.17, 15) is 19.2 Å². The molecule has 1 saturated carbocycles. The van der Waals surface area contributed by atoms with E-state index in [4.69, 9.17) is 0 Å². The highest BCUT2D eigenvalue weighted by Gasteiger charge is 2.35. The first kappa shape index (κ1) is 35.7. The summed E-state index contributed by atoms with van der Waals surface area (Å²) in [5, 5.41) is 12.7. The van der Waals surface area contributed by atoms with Crippen LogP contribution in [0.4, 0.5) is 10.1 Å². The molecule has 4 amide bonds. The summed E-state index contributed by atoms with van der Waals surface area (Å²) in [4.78, 5) is 62.3. The zero-order valence-corrected chi connectivity index (χ0v) is 29.0. The van der Waals surface area contributed by atoms with E-state index >= 15 is 4.39 Å². The molecule has 2 fully saturated rings. The van der Waals surface area contributed by atoms with Crippen molar-refractivity contribution in [1.82, 2.24) is 39.8 Å². The van der Waals surface area contributed by atoms with Gasteiger partial charge in [0.2, 0.25) is 11.8 Å². The van der Waals surface area contributed by atoms with Crippen LogP contribution in [0.25, 0.3) is 0 Å². The van der Waals surface area contributed by atoms with Crippen molar-refractivity contribution in [2.45, 2.75) is 77.4 Å². The van der Waals surface area contributed by atoms with Crippen LogP contribution in [0.3, 0.4) is 0 Å². The Labute approximate surface area is 286 Å². The lowest BCUT2D eigenvalue weighted by Crippen LogP contribution is -2.55. The van der Waals surface area contributed by atoms with E-state index in [1.807, 2.05) is 14.0 Å². The zero-order valence-electron chi connectivity index (χ0n) is 29.0. The highest BCUT2D eigenvalue weighted by Crippen LogP contribution is 2.29. The number of piperazine rings is 1. The number of aromatic nitrogens is 4. The standard InChI is InChI=1S/C35H48FN9O4/c1-6-45-28(14-15-38-45)32(46)41-31(24-10-8-7-9-11-24)34(48)39-27-13-12-25(20-26(27)36)22(2)30(35(49)44-18-16-42(4)17-19-44)40-33(47)29-21-37-23(3)43(29)5/h12-15,20-22,24,30-31H,6-11,16-19H2,1-5H3,(H,39,48)(H,40,47)(H,41,46)/t22-,30+,31-/m0/s1. The summed E-state index contributed by atoms with van der Waals surface area (Å²) in [6, 6.07) is 4.18. The van der Waals surface area contributed by atoms with Crippen LogP contribution in [0.5, 0.6) is 0 Å². The number of anilines is 1. The number of benzene rings is 1. The van der Waals surface area contributed by atoms with Crippen LogP contribution in [0, 0.1) is 18.7 Å². The average molecular weight is 678 g/mol. The van der Waals surface area contributed by atoms with Crippen molar-refractivity contribution in [2.24, 2.45) is 13.0 Å². The van der Waals surface area contributed by atoms with E-state index < -0.39 is 41.5 Å². The van der Waals surface area contributed by atoms with Crippen molar-refractivity contribution in [3.8, 4) is 0 Å². The van der Waals surface area contributed by atoms with Gasteiger partial charge in [0.25, 0.3) is 11.8 Å². The van der Waals surface area contributed by atoms with E-state index in [2.05, 4.69) is 30.9 Å². The maximum Gasteiger partial charge on any atom is 0.270 e. The van der Waals surface area contributed by atoms with Crippen molar-refractivity contribution in [2.75, 3.05) is 38.5 Å². The normalized spacial score (nSPS) is 17.6. The molecule has 5 rings (SSSR count). The lowest BCUT2D eigenvalue weighted by Gasteiger charge is -2.36. The van der Waals surface area contributed by atoms with Crippen LogP contribution in [0.2, 0.25) is 0 Å². The van der Waals surface area contributed by atoms with Gasteiger partial charge in [-0.1, -0.05) is 32.3 Å². The van der Waals surface area contributed by atoms with Crippen LogP contribution >= 0.6 is 0 Å². The van der Waals surface area contributed by atoms with Crippen LogP contribution in [-0.4, -0.2) is 98.1 Å². The van der Waals surface area contributed by atoms with Crippen LogP contribution in [-0.2, 0) is 23.2 Å². The molecule has 1 aliphatic carbocycles. The number of imidazole rings is 1. The minimum absolute atomic E-state index is 0.0362. The molecule has 1 aliphatic heterocycles. The fraction of sp³-hybridized carbons (Fsp3) is 0.543. The highest BCUT2D eigenvalue weighted by atomic mass is 19.1. The van der Waals surface area contributed by atoms with Crippen molar-refractivity contribution < 1.29 is 23.6 Å². The third kappa shape index (κ3) is 8.18. The van der Waals surface area contributed by atoms with Gasteiger partial charge in [-0.25, -0.2) is 9.37 Å². The molecule has 1 saturated heterocycles. The molecule has 264 valence electrons. The first-order chi connectivity index (χ1) is 23.5. The summed E-state index contributed by atoms with van der Waals surface area (Å²) in [5.74, 6) is -2.34. The summed E-state index contributed by atoms with van der Waals surface area (Å²) in [6.45, 7) is 8.36. The van der Waals surface area contributed by atoms with Gasteiger partial charge in [-0.2, -0.15) is 5.10 Å². The van der Waals surface area contributed by atoms with Crippen LogP contribution in [0.1, 0.15) is 84.2 Å². The third-order valence-corrected chi connectivity index (χ3v) is 10.0. The molecule has 2 aliphatic rings. The largest absolute Gasteiger partial charge is 0.339 e. The van der Waals surface area contributed by atoms with E-state index in [0.29, 0.717) is 55.5 Å². The number of aryl methyl sites for hydroxylation is 2. The summed E-state index contributed by atoms with van der Waals surface area (Å²) >= 11 is 0. The minimum atomic E-state index is -0.978. The number of amides is 4. The van der Waals surface area contributed by atoms with Crippen molar-refractivity contribution in [3.63, 3.8) is 0 Å². The number of likely N-dealkylation sites (N-methyl/N-ethyl adjacent to an activating group) is 1. The number of nitrogens with zero attached hydrogens (tertiary/aromatic N) is 6. The lowest BCUT2D eigenvalue weighted by molar-refractivity contribution is -0.135. The minimum Gasteiger partial charge on any atom is -0.339 e. The molecule has 14 heteroatoms. The molecule has 2 aromatic heterocycles. The first-order valence-electron chi connectivity index (χ1n) is 17.2. The van der Waals surface area contributed by atoms with E-state index in [1.165, 1.54) is 18.3 Å². The van der Waals surface area contributed by atoms with E-state index in [0.717, 1.165) is 32.1 Å². The number of nitrogens with one attached hydrogen (secondary N) is 3. The lowest BCUT2D eigenvalue weighted by atomic mass is 9.83. The predicted octanol–water partition coefficient (Wildman–Crippen LogP) is 3.08. The summed E-state index contributed by atoms with van der Waals surface area (Å²) in [7, 11) is 3.72. The highest BCUT2D eigenvalue weighted by molar-refractivity contribution is 6.01. The smallest absolute Gasteiger partial charge is 0.270 e. The average Bonchev–Trinajstić information content (AvgIpc) is 3.72. The second kappa shape index (κ2) is 15.7. The fourth-order valence-corrected chi connectivity index (χ4v) is 6.73. The van der Waals surface area contributed by atoms with Gasteiger partial charge in [0.15, 0.2) is 0 Å². The maximum absolute atomic E-state index is 15.8. The fourth-order valence-electron chi connectivity index (χ4n) is 6.73. The second-order valence-electron chi connectivity index (χ2n) is 13.2. The Morgan fingerprint density at radius 3 is 2.29 bits per heavy atom. The van der Waals surface area contributed by atoms with Gasteiger partial charge in [-0.3, -0.25) is 23.9 Å². The Morgan fingerprint density at radius 2 is 1.65 bits per heavy atom. The molecule has 0 spiro atoms. The van der Waals surface area contributed by atoms with Gasteiger partial charge in [-0.15, -0.1) is 0 Å². The summed E-state index contributed by atoms with van der Waals surface area (Å²) in [5.41, 5.74) is 1.11. The van der Waals surface area contributed by atoms with E-state index in [-0.39, 0.29) is 17.5 Å². The van der Waals surface area contributed by atoms with Gasteiger partial charge in [-0.05, 0) is 63.4 Å². The molecule has 49 heavy (non-hydrogen) atoms. The monoisotopic (exact) mass is 677 g/mol.